The largest absolute Gasteiger partial charge is 0.457 e. The summed E-state index contributed by atoms with van der Waals surface area (Å²) >= 11 is 1.30. The van der Waals surface area contributed by atoms with Crippen molar-refractivity contribution in [2.24, 2.45) is 0 Å². The molecular weight excluding hydrogens is 538 g/mol. The topological polar surface area (TPSA) is 107 Å². The van der Waals surface area contributed by atoms with Crippen LogP contribution in [0.1, 0.15) is 10.4 Å². The monoisotopic (exact) mass is 567 g/mol. The Morgan fingerprint density at radius 3 is 2.10 bits per heavy atom. The van der Waals surface area contributed by atoms with Gasteiger partial charge in [0, 0.05) is 43.8 Å². The van der Waals surface area contributed by atoms with Crippen LogP contribution >= 0.6 is 11.3 Å². The number of thiazole rings is 1. The minimum absolute atomic E-state index is 0.0856. The minimum Gasteiger partial charge on any atom is -0.457 e. The van der Waals surface area contributed by atoms with Gasteiger partial charge in [0.2, 0.25) is 10.0 Å². The highest BCUT2D eigenvalue weighted by molar-refractivity contribution is 7.89. The molecule has 1 N–H and O–H groups in total. The number of aromatic nitrogens is 1. The van der Waals surface area contributed by atoms with E-state index >= 15 is 0 Å². The number of rotatable bonds is 13. The first-order valence-corrected chi connectivity index (χ1v) is 14.4. The van der Waals surface area contributed by atoms with Gasteiger partial charge in [0.1, 0.15) is 11.5 Å². The van der Waals surface area contributed by atoms with Gasteiger partial charge in [-0.25, -0.2) is 13.4 Å². The van der Waals surface area contributed by atoms with Crippen LogP contribution in [0.2, 0.25) is 0 Å². The molecule has 3 aromatic carbocycles. The summed E-state index contributed by atoms with van der Waals surface area (Å²) in [6.45, 7) is 0.898. The van der Waals surface area contributed by atoms with E-state index in [4.69, 9.17) is 14.2 Å². The molecule has 9 nitrogen and oxygen atoms in total. The fourth-order valence-electron chi connectivity index (χ4n) is 3.62. The number of hydrogen-bond donors (Lipinski definition) is 1. The predicted octanol–water partition coefficient (Wildman–Crippen LogP) is 5.14. The zero-order valence-electron chi connectivity index (χ0n) is 21.6. The Kier molecular flexibility index (Phi) is 9.79. The van der Waals surface area contributed by atoms with Gasteiger partial charge in [-0.05, 0) is 60.7 Å². The number of nitrogens with one attached hydrogen (secondary N) is 1. The number of nitrogens with zero attached hydrogens (tertiary/aromatic N) is 2. The van der Waals surface area contributed by atoms with Gasteiger partial charge >= 0.3 is 0 Å². The smallest absolute Gasteiger partial charge is 0.257 e. The maximum atomic E-state index is 13.1. The van der Waals surface area contributed by atoms with Gasteiger partial charge in [-0.15, -0.1) is 11.3 Å². The summed E-state index contributed by atoms with van der Waals surface area (Å²) < 4.78 is 43.3. The van der Waals surface area contributed by atoms with Crippen LogP contribution < -0.4 is 10.1 Å². The van der Waals surface area contributed by atoms with E-state index in [-0.39, 0.29) is 37.1 Å². The molecule has 0 saturated carbocycles. The quantitative estimate of drug-likeness (QED) is 0.238. The van der Waals surface area contributed by atoms with Crippen molar-refractivity contribution in [3.8, 4) is 22.8 Å². The number of anilines is 1. The number of carbonyl (C=O) groups is 1. The number of amides is 1. The van der Waals surface area contributed by atoms with Gasteiger partial charge in [0.15, 0.2) is 5.13 Å². The number of sulfonamides is 1. The van der Waals surface area contributed by atoms with E-state index in [2.05, 4.69) is 10.3 Å². The number of para-hydroxylation sites is 1. The number of carbonyl (C=O) groups excluding carboxylic acids is 1. The highest BCUT2D eigenvalue weighted by Crippen LogP contribution is 2.28. The van der Waals surface area contributed by atoms with Crippen molar-refractivity contribution in [2.75, 3.05) is 45.8 Å². The molecule has 0 saturated heterocycles. The van der Waals surface area contributed by atoms with Gasteiger partial charge in [-0.2, -0.15) is 4.31 Å². The van der Waals surface area contributed by atoms with Crippen molar-refractivity contribution in [3.05, 3.63) is 89.8 Å². The van der Waals surface area contributed by atoms with E-state index in [1.807, 2.05) is 60.0 Å². The molecule has 0 fully saturated rings. The maximum Gasteiger partial charge on any atom is 0.257 e. The van der Waals surface area contributed by atoms with Crippen LogP contribution in [0.25, 0.3) is 11.3 Å². The van der Waals surface area contributed by atoms with Crippen LogP contribution in [0.3, 0.4) is 0 Å². The molecule has 0 unspecified atom stereocenters. The first-order valence-electron chi connectivity index (χ1n) is 12.1. The third-order valence-corrected chi connectivity index (χ3v) is 8.37. The van der Waals surface area contributed by atoms with Crippen LogP contribution in [0.4, 0.5) is 5.13 Å². The Balaban J connectivity index is 1.39. The van der Waals surface area contributed by atoms with E-state index in [9.17, 15) is 13.2 Å². The zero-order valence-corrected chi connectivity index (χ0v) is 23.2. The molecule has 0 spiro atoms. The lowest BCUT2D eigenvalue weighted by Gasteiger charge is -2.21. The van der Waals surface area contributed by atoms with Crippen molar-refractivity contribution in [1.82, 2.24) is 9.29 Å². The molecule has 1 aromatic heterocycles. The Labute approximate surface area is 232 Å². The lowest BCUT2D eigenvalue weighted by molar-refractivity contribution is 0.102. The van der Waals surface area contributed by atoms with Crippen LogP contribution in [0, 0.1) is 0 Å². The van der Waals surface area contributed by atoms with Gasteiger partial charge < -0.3 is 14.2 Å². The summed E-state index contributed by atoms with van der Waals surface area (Å²) in [5.41, 5.74) is 1.91. The third kappa shape index (κ3) is 7.49. The van der Waals surface area contributed by atoms with Crippen LogP contribution in [-0.4, -0.2) is 64.1 Å². The molecule has 0 atom stereocenters. The molecule has 0 aliphatic heterocycles. The Hall–Kier alpha value is -3.61. The summed E-state index contributed by atoms with van der Waals surface area (Å²) in [5, 5.41) is 5.07. The van der Waals surface area contributed by atoms with Crippen LogP contribution in [-0.2, 0) is 19.5 Å². The maximum absolute atomic E-state index is 13.1. The normalized spacial score (nSPS) is 11.5. The van der Waals surface area contributed by atoms with Crippen molar-refractivity contribution in [1.29, 1.82) is 0 Å². The molecule has 4 aromatic rings. The number of benzene rings is 3. The highest BCUT2D eigenvalue weighted by Gasteiger charge is 2.24. The van der Waals surface area contributed by atoms with Gasteiger partial charge in [-0.1, -0.05) is 18.2 Å². The van der Waals surface area contributed by atoms with Crippen molar-refractivity contribution in [3.63, 3.8) is 0 Å². The molecule has 0 aliphatic rings. The van der Waals surface area contributed by atoms with Gasteiger partial charge in [0.05, 0.1) is 23.8 Å². The van der Waals surface area contributed by atoms with Crippen molar-refractivity contribution >= 4 is 32.4 Å². The fourth-order valence-corrected chi connectivity index (χ4v) is 5.74. The molecule has 11 heteroatoms. The van der Waals surface area contributed by atoms with Crippen molar-refractivity contribution < 1.29 is 27.4 Å². The lowest BCUT2D eigenvalue weighted by atomic mass is 10.2. The molecule has 0 aliphatic carbocycles. The Morgan fingerprint density at radius 1 is 0.872 bits per heavy atom. The highest BCUT2D eigenvalue weighted by atomic mass is 32.2. The van der Waals surface area contributed by atoms with E-state index in [0.717, 1.165) is 17.0 Å². The SMILES string of the molecule is COCCN(CCOC)S(=O)(=O)c1ccc(C(=O)Nc2nc(-c3ccc(Oc4ccccc4)cc3)cs2)cc1. The van der Waals surface area contributed by atoms with E-state index in [0.29, 0.717) is 16.4 Å². The van der Waals surface area contributed by atoms with E-state index in [1.54, 1.807) is 0 Å². The predicted molar refractivity (Wildman–Crippen MR) is 151 cm³/mol. The molecule has 0 radical (unpaired) electrons. The second kappa shape index (κ2) is 13.5. The molecule has 1 amide bonds. The minimum atomic E-state index is -3.77. The first-order chi connectivity index (χ1) is 18.9. The van der Waals surface area contributed by atoms with E-state index in [1.165, 1.54) is 54.1 Å². The molecule has 39 heavy (non-hydrogen) atoms. The van der Waals surface area contributed by atoms with Crippen molar-refractivity contribution in [2.45, 2.75) is 4.90 Å². The fraction of sp³-hybridized carbons (Fsp3) is 0.214. The van der Waals surface area contributed by atoms with Crippen LogP contribution in [0.5, 0.6) is 11.5 Å². The zero-order chi connectivity index (χ0) is 27.7. The van der Waals surface area contributed by atoms with Crippen LogP contribution in [0.15, 0.2) is 89.1 Å². The summed E-state index contributed by atoms with van der Waals surface area (Å²) in [4.78, 5) is 17.4. The standard InChI is InChI=1S/C28H29N3O6S2/c1-35-18-16-31(17-19-36-2)39(33,34)25-14-10-22(11-15-25)27(32)30-28-29-26(20-38-28)21-8-12-24(13-9-21)37-23-6-4-3-5-7-23/h3-15,20H,16-19H2,1-2H3,(H,29,30,32). The average Bonchev–Trinajstić information content (AvgIpc) is 3.42. The molecule has 1 heterocycles. The molecular formula is C28H29N3O6S2. The molecule has 204 valence electrons. The number of ether oxygens (including phenoxy) is 3. The molecule has 4 rings (SSSR count). The van der Waals surface area contributed by atoms with Gasteiger partial charge in [0.25, 0.3) is 5.91 Å². The third-order valence-electron chi connectivity index (χ3n) is 5.70. The Bertz CT molecular complexity index is 1450. The lowest BCUT2D eigenvalue weighted by Crippen LogP contribution is -2.36. The summed E-state index contributed by atoms with van der Waals surface area (Å²) in [6.07, 6.45) is 0. The Morgan fingerprint density at radius 2 is 1.49 bits per heavy atom. The second-order valence-corrected chi connectivity index (χ2v) is 11.1. The van der Waals surface area contributed by atoms with E-state index < -0.39 is 10.0 Å². The summed E-state index contributed by atoms with van der Waals surface area (Å²) in [7, 11) is -0.750. The summed E-state index contributed by atoms with van der Waals surface area (Å²) in [6, 6.07) is 22.8. The first kappa shape index (κ1) is 28.4. The summed E-state index contributed by atoms with van der Waals surface area (Å²) in [5.74, 6) is 1.07. The number of methoxy groups -OCH3 is 2. The molecule has 0 bridgehead atoms. The average molecular weight is 568 g/mol. The number of hydrogen-bond acceptors (Lipinski definition) is 8. The second-order valence-electron chi connectivity index (χ2n) is 8.35. The van der Waals surface area contributed by atoms with Gasteiger partial charge in [-0.3, -0.25) is 10.1 Å².